The zero-order valence-corrected chi connectivity index (χ0v) is 26.8. The molecule has 0 aromatic heterocycles. The van der Waals surface area contributed by atoms with E-state index < -0.39 is 0 Å². The molecule has 1 saturated carbocycles. The monoisotopic (exact) mass is 608 g/mol. The number of nitrogens with one attached hydrogen (secondary N) is 2. The maximum atomic E-state index is 13.9. The number of benzene rings is 2. The minimum Gasteiger partial charge on any atom is -0.493 e. The van der Waals surface area contributed by atoms with Crippen molar-refractivity contribution in [3.05, 3.63) is 53.6 Å². The lowest BCUT2D eigenvalue weighted by atomic mass is 9.93. The maximum absolute atomic E-state index is 13.9. The topological polar surface area (TPSA) is 109 Å². The Bertz CT molecular complexity index is 1280. The first-order valence-corrected chi connectivity index (χ1v) is 15.7. The van der Waals surface area contributed by atoms with Crippen LogP contribution in [0.1, 0.15) is 56.0 Å². The second kappa shape index (κ2) is 15.9. The molecule has 3 amide bonds. The van der Waals surface area contributed by atoms with Crippen molar-refractivity contribution in [3.63, 3.8) is 0 Å². The average Bonchev–Trinajstić information content (AvgIpc) is 3.74. The molecule has 240 valence electrons. The van der Waals surface area contributed by atoms with Crippen LogP contribution in [0.2, 0.25) is 0 Å². The van der Waals surface area contributed by atoms with Gasteiger partial charge in [0, 0.05) is 76.6 Å². The van der Waals surface area contributed by atoms with E-state index in [0.29, 0.717) is 55.5 Å². The summed E-state index contributed by atoms with van der Waals surface area (Å²) in [5.74, 6) is 1.48. The first-order valence-electron chi connectivity index (χ1n) is 15.7. The number of ether oxygens (including phenoxy) is 3. The second-order valence-corrected chi connectivity index (χ2v) is 12.1. The molecule has 10 heteroatoms. The maximum Gasteiger partial charge on any atom is 0.254 e. The van der Waals surface area contributed by atoms with Gasteiger partial charge in [0.05, 0.1) is 20.1 Å². The average molecular weight is 609 g/mol. The zero-order valence-electron chi connectivity index (χ0n) is 26.8. The van der Waals surface area contributed by atoms with Crippen LogP contribution in [0, 0.1) is 11.8 Å². The van der Waals surface area contributed by atoms with E-state index in [9.17, 15) is 14.4 Å². The molecule has 0 unspecified atom stereocenters. The van der Waals surface area contributed by atoms with Gasteiger partial charge >= 0.3 is 0 Å². The molecule has 2 aromatic carbocycles. The summed E-state index contributed by atoms with van der Waals surface area (Å²) in [6.07, 6.45) is 3.06. The molecule has 2 atom stereocenters. The number of amides is 3. The third kappa shape index (κ3) is 9.19. The number of rotatable bonds is 16. The van der Waals surface area contributed by atoms with Crippen molar-refractivity contribution in [2.75, 3.05) is 58.9 Å². The van der Waals surface area contributed by atoms with E-state index in [1.54, 1.807) is 32.4 Å². The third-order valence-electron chi connectivity index (χ3n) is 8.30. The Labute approximate surface area is 261 Å². The minimum atomic E-state index is -0.138. The molecule has 1 heterocycles. The fourth-order valence-corrected chi connectivity index (χ4v) is 5.80. The van der Waals surface area contributed by atoms with Gasteiger partial charge < -0.3 is 34.6 Å². The Morgan fingerprint density at radius 3 is 2.39 bits per heavy atom. The highest BCUT2D eigenvalue weighted by Gasteiger charge is 2.38. The molecule has 44 heavy (non-hydrogen) atoms. The van der Waals surface area contributed by atoms with Crippen LogP contribution in [0.15, 0.2) is 42.5 Å². The summed E-state index contributed by atoms with van der Waals surface area (Å²) in [4.78, 5) is 42.9. The molecule has 2 aromatic rings. The summed E-state index contributed by atoms with van der Waals surface area (Å²) >= 11 is 0. The van der Waals surface area contributed by atoms with E-state index in [2.05, 4.69) is 10.6 Å². The Morgan fingerprint density at radius 1 is 0.977 bits per heavy atom. The van der Waals surface area contributed by atoms with E-state index >= 15 is 0 Å². The lowest BCUT2D eigenvalue weighted by Crippen LogP contribution is -2.45. The Morgan fingerprint density at radius 2 is 1.73 bits per heavy atom. The highest BCUT2D eigenvalue weighted by Crippen LogP contribution is 2.32. The number of carbonyl (C=O) groups excluding carboxylic acids is 3. The van der Waals surface area contributed by atoms with E-state index in [1.807, 2.05) is 47.9 Å². The van der Waals surface area contributed by atoms with Gasteiger partial charge in [0.15, 0.2) is 11.5 Å². The second-order valence-electron chi connectivity index (χ2n) is 12.1. The molecule has 4 rings (SSSR count). The highest BCUT2D eigenvalue weighted by molar-refractivity contribution is 5.95. The zero-order chi connectivity index (χ0) is 31.6. The van der Waals surface area contributed by atoms with Gasteiger partial charge in [-0.3, -0.25) is 14.4 Å². The van der Waals surface area contributed by atoms with Crippen LogP contribution < -0.4 is 20.1 Å². The van der Waals surface area contributed by atoms with Crippen LogP contribution in [0.4, 0.5) is 5.69 Å². The Kier molecular flexibility index (Phi) is 12.0. The van der Waals surface area contributed by atoms with Crippen molar-refractivity contribution < 1.29 is 28.6 Å². The summed E-state index contributed by atoms with van der Waals surface area (Å²) in [5.41, 5.74) is 2.13. The molecule has 1 saturated heterocycles. The van der Waals surface area contributed by atoms with Gasteiger partial charge in [0.25, 0.3) is 5.91 Å². The molecular formula is C34H48N4O6. The van der Waals surface area contributed by atoms with E-state index in [-0.39, 0.29) is 41.6 Å². The lowest BCUT2D eigenvalue weighted by Gasteiger charge is -2.34. The van der Waals surface area contributed by atoms with Crippen molar-refractivity contribution >= 4 is 23.4 Å². The van der Waals surface area contributed by atoms with E-state index in [0.717, 1.165) is 37.9 Å². The first kappa shape index (κ1) is 33.3. The fraction of sp³-hybridized carbons (Fsp3) is 0.559. The summed E-state index contributed by atoms with van der Waals surface area (Å²) in [5, 5.41) is 6.31. The number of hydrogen-bond donors (Lipinski definition) is 2. The molecule has 1 aliphatic heterocycles. The number of methoxy groups -OCH3 is 2. The largest absolute Gasteiger partial charge is 0.493 e. The van der Waals surface area contributed by atoms with Crippen molar-refractivity contribution in [3.8, 4) is 11.5 Å². The molecule has 2 fully saturated rings. The van der Waals surface area contributed by atoms with Gasteiger partial charge in [-0.05, 0) is 74.4 Å². The summed E-state index contributed by atoms with van der Waals surface area (Å²) < 4.78 is 16.5. The molecule has 0 radical (unpaired) electrons. The van der Waals surface area contributed by atoms with Crippen molar-refractivity contribution in [1.29, 1.82) is 0 Å². The quantitative estimate of drug-likeness (QED) is 0.278. The number of nitrogens with zero attached hydrogens (tertiary/aromatic N) is 2. The summed E-state index contributed by atoms with van der Waals surface area (Å²) in [7, 11) is 3.24. The van der Waals surface area contributed by atoms with Crippen LogP contribution >= 0.6 is 0 Å². The summed E-state index contributed by atoms with van der Waals surface area (Å²) in [6, 6.07) is 13.1. The van der Waals surface area contributed by atoms with E-state index in [1.165, 1.54) is 6.92 Å². The molecule has 10 nitrogen and oxygen atoms in total. The third-order valence-corrected chi connectivity index (χ3v) is 8.30. The van der Waals surface area contributed by atoms with Crippen LogP contribution in [0.5, 0.6) is 11.5 Å². The van der Waals surface area contributed by atoms with Crippen LogP contribution in [-0.4, -0.2) is 93.2 Å². The predicted octanol–water partition coefficient (Wildman–Crippen LogP) is 3.99. The number of anilines is 1. The SMILES string of the molecule is COCCCOc1cc(C(=O)N(C[C@@H]2CNC[C@@H]2CN(C(=O)Cc2cccc(NC(C)=O)c2)C2CC2)C(C)C)ccc1OC. The Hall–Kier alpha value is -3.63. The van der Waals surface area contributed by atoms with Crippen LogP contribution in [0.25, 0.3) is 0 Å². The van der Waals surface area contributed by atoms with Gasteiger partial charge in [0.2, 0.25) is 11.8 Å². The minimum absolute atomic E-state index is 0.00558. The van der Waals surface area contributed by atoms with Crippen molar-refractivity contribution in [2.24, 2.45) is 11.8 Å². The summed E-state index contributed by atoms with van der Waals surface area (Å²) in [6.45, 7) is 9.46. The standard InChI is InChI=1S/C34H48N4O6/c1-23(2)37(34(41)26-10-13-31(43-5)32(18-26)44-15-7-14-42-4)21-27-19-35-20-28(27)22-38(30-11-12-30)33(40)17-25-8-6-9-29(16-25)36-24(3)39/h6,8-10,13,16,18,23,27-28,30,35H,7,11-12,14-15,17,19-22H2,1-5H3,(H,36,39)/t27-,28+/m0/s1. The van der Waals surface area contributed by atoms with Crippen LogP contribution in [-0.2, 0) is 20.7 Å². The molecule has 0 bridgehead atoms. The van der Waals surface area contributed by atoms with Crippen molar-refractivity contribution in [1.82, 2.24) is 15.1 Å². The van der Waals surface area contributed by atoms with Gasteiger partial charge in [-0.1, -0.05) is 12.1 Å². The Balaban J connectivity index is 1.43. The molecule has 1 aliphatic carbocycles. The lowest BCUT2D eigenvalue weighted by molar-refractivity contribution is -0.131. The number of hydrogen-bond acceptors (Lipinski definition) is 7. The van der Waals surface area contributed by atoms with E-state index in [4.69, 9.17) is 14.2 Å². The highest BCUT2D eigenvalue weighted by atomic mass is 16.5. The molecule has 0 spiro atoms. The number of carbonyl (C=O) groups is 3. The first-order chi connectivity index (χ1) is 21.2. The van der Waals surface area contributed by atoms with Gasteiger partial charge in [-0.25, -0.2) is 0 Å². The molecule has 2 aliphatic rings. The van der Waals surface area contributed by atoms with Gasteiger partial charge in [0.1, 0.15) is 0 Å². The normalized spacial score (nSPS) is 17.8. The van der Waals surface area contributed by atoms with Crippen LogP contribution in [0.3, 0.4) is 0 Å². The molecule has 2 N–H and O–H groups in total. The smallest absolute Gasteiger partial charge is 0.254 e. The van der Waals surface area contributed by atoms with Crippen molar-refractivity contribution in [2.45, 2.75) is 58.5 Å². The molecular weight excluding hydrogens is 560 g/mol. The van der Waals surface area contributed by atoms with Gasteiger partial charge in [-0.2, -0.15) is 0 Å². The fourth-order valence-electron chi connectivity index (χ4n) is 5.80. The van der Waals surface area contributed by atoms with Gasteiger partial charge in [-0.15, -0.1) is 0 Å². The predicted molar refractivity (Wildman–Crippen MR) is 170 cm³/mol.